The van der Waals surface area contributed by atoms with Crippen LogP contribution in [0.15, 0.2) is 63.8 Å². The Hall–Kier alpha value is -1.90. The zero-order valence-corrected chi connectivity index (χ0v) is 18.6. The summed E-state index contributed by atoms with van der Waals surface area (Å²) in [4.78, 5) is 27.9. The van der Waals surface area contributed by atoms with E-state index in [0.29, 0.717) is 21.3 Å². The molecule has 0 spiro atoms. The Kier molecular flexibility index (Phi) is 6.74. The van der Waals surface area contributed by atoms with E-state index in [-0.39, 0.29) is 41.9 Å². The minimum absolute atomic E-state index is 0. The molecule has 1 fully saturated rings. The Labute approximate surface area is 191 Å². The van der Waals surface area contributed by atoms with Crippen LogP contribution in [0.1, 0.15) is 11.1 Å². The normalized spacial score (nSPS) is 16.4. The summed E-state index contributed by atoms with van der Waals surface area (Å²) in [6.07, 6.45) is 1.74. The molecule has 28 heavy (non-hydrogen) atoms. The van der Waals surface area contributed by atoms with Crippen molar-refractivity contribution in [2.75, 3.05) is 0 Å². The first-order valence-corrected chi connectivity index (χ1v) is 9.83. The summed E-state index contributed by atoms with van der Waals surface area (Å²) < 4.78 is 1.18. The molecule has 2 aromatic carbocycles. The molecule has 1 amide bonds. The molecule has 1 N–H and O–H groups in total. The number of aliphatic imine (C=N–C) groups is 1. The number of thiophene rings is 1. The number of carboxylic acid groups (broad SMARTS) is 1. The van der Waals surface area contributed by atoms with Crippen LogP contribution in [0.2, 0.25) is 0 Å². The van der Waals surface area contributed by atoms with E-state index in [2.05, 4.69) is 16.4 Å². The summed E-state index contributed by atoms with van der Waals surface area (Å²) in [7, 11) is 0. The number of carboxylic acids is 1. The number of benzene rings is 2. The Bertz CT molecular complexity index is 1100. The second-order valence-electron chi connectivity index (χ2n) is 5.88. The van der Waals surface area contributed by atoms with Gasteiger partial charge in [-0.1, -0.05) is 30.3 Å². The maximum Gasteiger partial charge on any atom is 1.00 e. The van der Waals surface area contributed by atoms with E-state index in [0.717, 1.165) is 10.9 Å². The van der Waals surface area contributed by atoms with Gasteiger partial charge in [0.25, 0.3) is 5.91 Å². The molecule has 5 nitrogen and oxygen atoms in total. The number of rotatable bonds is 4. The number of carbonyl (C=O) groups excluding carboxylic acids is 2. The van der Waals surface area contributed by atoms with Crippen LogP contribution in [-0.4, -0.2) is 17.0 Å². The maximum atomic E-state index is 12.3. The first-order chi connectivity index (χ1) is 13.1. The summed E-state index contributed by atoms with van der Waals surface area (Å²) in [5, 5.41) is 17.0. The molecule has 0 aliphatic carbocycles. The molecule has 0 bridgehead atoms. The van der Waals surface area contributed by atoms with E-state index in [9.17, 15) is 14.7 Å². The van der Waals surface area contributed by atoms with Gasteiger partial charge < -0.3 is 15.2 Å². The predicted octanol–water partition coefficient (Wildman–Crippen LogP) is 0.0893. The van der Waals surface area contributed by atoms with Crippen molar-refractivity contribution in [3.05, 3.63) is 69.9 Å². The number of nitrogens with one attached hydrogen (secondary N) is 1. The minimum Gasteiger partial charge on any atom is -0.550 e. The van der Waals surface area contributed by atoms with Gasteiger partial charge in [-0.25, -0.2) is 4.99 Å². The third-order valence-corrected chi connectivity index (χ3v) is 5.86. The van der Waals surface area contributed by atoms with Gasteiger partial charge in [0.05, 0.1) is 10.6 Å². The van der Waals surface area contributed by atoms with Crippen molar-refractivity contribution in [2.45, 2.75) is 6.42 Å². The van der Waals surface area contributed by atoms with Gasteiger partial charge in [-0.3, -0.25) is 4.79 Å². The van der Waals surface area contributed by atoms with Gasteiger partial charge in [0.15, 0.2) is 5.17 Å². The Morgan fingerprint density at radius 3 is 2.64 bits per heavy atom. The minimum atomic E-state index is -1.12. The third-order valence-electron chi connectivity index (χ3n) is 3.96. The van der Waals surface area contributed by atoms with Crippen molar-refractivity contribution >= 4 is 62.0 Å². The van der Waals surface area contributed by atoms with Crippen LogP contribution >= 0.6 is 23.1 Å². The molecule has 4 rings (SSSR count). The summed E-state index contributed by atoms with van der Waals surface area (Å²) in [5.41, 5.74) is 2.30. The van der Waals surface area contributed by atoms with Gasteiger partial charge in [0.2, 0.25) is 0 Å². The number of amidine groups is 1. The molecule has 2 heterocycles. The van der Waals surface area contributed by atoms with E-state index < -0.39 is 5.97 Å². The van der Waals surface area contributed by atoms with Crippen molar-refractivity contribution in [1.82, 2.24) is 5.32 Å². The number of fused-ring (bicyclic) bond motifs is 1. The first kappa shape index (κ1) is 20.8. The SMILES string of the molecule is O=C([O-])Cc1ccc(N=C2NC(=O)C(=Cc3csc4ccccc34)S2)cc1.[Na+]. The fourth-order valence-corrected chi connectivity index (χ4v) is 4.46. The molecule has 0 radical (unpaired) electrons. The molecule has 134 valence electrons. The van der Waals surface area contributed by atoms with Crippen LogP contribution in [0.5, 0.6) is 0 Å². The zero-order valence-electron chi connectivity index (χ0n) is 15.0. The second kappa shape index (κ2) is 9.07. The largest absolute Gasteiger partial charge is 1.00 e. The van der Waals surface area contributed by atoms with E-state index in [4.69, 9.17) is 0 Å². The fraction of sp³-hybridized carbons (Fsp3) is 0.0500. The Balaban J connectivity index is 0.00000225. The van der Waals surface area contributed by atoms with Crippen LogP contribution in [0.3, 0.4) is 0 Å². The van der Waals surface area contributed by atoms with Gasteiger partial charge in [-0.15, -0.1) is 11.3 Å². The zero-order chi connectivity index (χ0) is 18.8. The molecule has 0 saturated carbocycles. The third kappa shape index (κ3) is 4.74. The number of carbonyl (C=O) groups is 2. The topological polar surface area (TPSA) is 81.6 Å². The van der Waals surface area contributed by atoms with Gasteiger partial charge in [0.1, 0.15) is 0 Å². The summed E-state index contributed by atoms with van der Waals surface area (Å²) in [5.74, 6) is -1.30. The number of amides is 1. The molecule has 1 saturated heterocycles. The van der Waals surface area contributed by atoms with Crippen molar-refractivity contribution < 1.29 is 44.3 Å². The maximum absolute atomic E-state index is 12.3. The monoisotopic (exact) mass is 416 g/mol. The number of hydrogen-bond donors (Lipinski definition) is 1. The summed E-state index contributed by atoms with van der Waals surface area (Å²) in [6, 6.07) is 14.9. The molecular formula is C20H13N2NaO3S2. The number of aliphatic carboxylic acids is 1. The number of hydrogen-bond acceptors (Lipinski definition) is 6. The van der Waals surface area contributed by atoms with Crippen molar-refractivity contribution in [2.24, 2.45) is 4.99 Å². The predicted molar refractivity (Wildman–Crippen MR) is 108 cm³/mol. The standard InChI is InChI=1S/C20H14N2O3S2.Na/c23-18(24)9-12-5-7-14(8-6-12)21-20-22-19(25)17(27-20)10-13-11-26-16-4-2-1-3-15(13)16;/h1-8,10-11H,9H2,(H,23,24)(H,21,22,25);/q;+1/p-1. The van der Waals surface area contributed by atoms with Crippen LogP contribution in [-0.2, 0) is 16.0 Å². The van der Waals surface area contributed by atoms with Crippen LogP contribution in [0.4, 0.5) is 5.69 Å². The fourth-order valence-electron chi connectivity index (χ4n) is 2.70. The van der Waals surface area contributed by atoms with Crippen molar-refractivity contribution in [3.63, 3.8) is 0 Å². The van der Waals surface area contributed by atoms with Gasteiger partial charge >= 0.3 is 29.6 Å². The van der Waals surface area contributed by atoms with Gasteiger partial charge in [0, 0.05) is 17.1 Å². The molecular weight excluding hydrogens is 403 g/mol. The van der Waals surface area contributed by atoms with Crippen molar-refractivity contribution in [1.29, 1.82) is 0 Å². The Morgan fingerprint density at radius 1 is 1.14 bits per heavy atom. The van der Waals surface area contributed by atoms with Crippen molar-refractivity contribution in [3.8, 4) is 0 Å². The summed E-state index contributed by atoms with van der Waals surface area (Å²) >= 11 is 2.93. The van der Waals surface area contributed by atoms with Crippen LogP contribution < -0.4 is 40.0 Å². The van der Waals surface area contributed by atoms with E-state index in [1.165, 1.54) is 16.5 Å². The van der Waals surface area contributed by atoms with E-state index >= 15 is 0 Å². The van der Waals surface area contributed by atoms with Gasteiger partial charge in [-0.05, 0) is 57.9 Å². The quantitative estimate of drug-likeness (QED) is 0.483. The average molecular weight is 416 g/mol. The molecule has 1 aliphatic heterocycles. The molecule has 1 aliphatic rings. The molecule has 0 unspecified atom stereocenters. The molecule has 8 heteroatoms. The average Bonchev–Trinajstić information content (AvgIpc) is 3.20. The second-order valence-corrected chi connectivity index (χ2v) is 7.83. The molecule has 3 aromatic rings. The van der Waals surface area contributed by atoms with E-state index in [1.54, 1.807) is 35.6 Å². The number of thioether (sulfide) groups is 1. The molecule has 0 atom stereocenters. The Morgan fingerprint density at radius 2 is 1.89 bits per heavy atom. The smallest absolute Gasteiger partial charge is 0.550 e. The first-order valence-electron chi connectivity index (χ1n) is 8.13. The van der Waals surface area contributed by atoms with Gasteiger partial charge in [-0.2, -0.15) is 0 Å². The molecule has 1 aromatic heterocycles. The van der Waals surface area contributed by atoms with Crippen LogP contribution in [0, 0.1) is 0 Å². The van der Waals surface area contributed by atoms with Crippen LogP contribution in [0.25, 0.3) is 16.2 Å². The van der Waals surface area contributed by atoms with E-state index in [1.807, 2.05) is 29.7 Å². The summed E-state index contributed by atoms with van der Waals surface area (Å²) in [6.45, 7) is 0. The number of nitrogens with zero attached hydrogens (tertiary/aromatic N) is 1.